The lowest BCUT2D eigenvalue weighted by molar-refractivity contribution is 0.0939. The second-order valence-electron chi connectivity index (χ2n) is 4.62. The van der Waals surface area contributed by atoms with Crippen LogP contribution in [0.5, 0.6) is 5.75 Å². The van der Waals surface area contributed by atoms with Crippen LogP contribution in [0.15, 0.2) is 18.2 Å². The van der Waals surface area contributed by atoms with Gasteiger partial charge in [-0.15, -0.1) is 0 Å². The quantitative estimate of drug-likeness (QED) is 0.700. The largest absolute Gasteiger partial charge is 0.507 e. The van der Waals surface area contributed by atoms with Gasteiger partial charge in [-0.1, -0.05) is 6.07 Å². The standard InChI is InChI=1S/C12H13FN2O2/c13-8-2-1-3-9(16)10(8)12(17)15-11-6-4-14-5-7(6)11/h1-3,6-7,11,14,16H,4-5H2,(H,15,17). The van der Waals surface area contributed by atoms with E-state index in [-0.39, 0.29) is 17.4 Å². The second-order valence-corrected chi connectivity index (χ2v) is 4.62. The smallest absolute Gasteiger partial charge is 0.258 e. The van der Waals surface area contributed by atoms with E-state index in [1.807, 2.05) is 0 Å². The van der Waals surface area contributed by atoms with Crippen LogP contribution in [-0.4, -0.2) is 30.1 Å². The van der Waals surface area contributed by atoms with Crippen molar-refractivity contribution in [2.45, 2.75) is 6.04 Å². The van der Waals surface area contributed by atoms with Gasteiger partial charge >= 0.3 is 0 Å². The van der Waals surface area contributed by atoms with E-state index in [0.717, 1.165) is 13.1 Å². The number of aromatic hydroxyl groups is 1. The molecule has 1 aromatic rings. The van der Waals surface area contributed by atoms with Gasteiger partial charge in [0.15, 0.2) is 0 Å². The highest BCUT2D eigenvalue weighted by atomic mass is 19.1. The number of hydrogen-bond acceptors (Lipinski definition) is 3. The van der Waals surface area contributed by atoms with Gasteiger partial charge in [0.2, 0.25) is 0 Å². The predicted molar refractivity (Wildman–Crippen MR) is 59.2 cm³/mol. The van der Waals surface area contributed by atoms with Crippen molar-refractivity contribution in [1.29, 1.82) is 0 Å². The number of benzene rings is 1. The molecule has 0 bridgehead atoms. The van der Waals surface area contributed by atoms with Gasteiger partial charge in [0, 0.05) is 19.1 Å². The molecule has 1 aliphatic carbocycles. The third-order valence-electron chi connectivity index (χ3n) is 3.61. The summed E-state index contributed by atoms with van der Waals surface area (Å²) in [6, 6.07) is 3.98. The Hall–Kier alpha value is -1.62. The first-order valence-corrected chi connectivity index (χ1v) is 5.67. The van der Waals surface area contributed by atoms with Crippen LogP contribution in [-0.2, 0) is 0 Å². The Morgan fingerprint density at radius 2 is 2.12 bits per heavy atom. The molecule has 5 heteroatoms. The summed E-state index contributed by atoms with van der Waals surface area (Å²) in [6.07, 6.45) is 0. The highest BCUT2D eigenvalue weighted by Gasteiger charge is 2.53. The lowest BCUT2D eigenvalue weighted by Crippen LogP contribution is -2.33. The Bertz CT molecular complexity index is 447. The normalized spacial score (nSPS) is 29.8. The van der Waals surface area contributed by atoms with Crippen LogP contribution in [0, 0.1) is 17.7 Å². The molecule has 3 N–H and O–H groups in total. The van der Waals surface area contributed by atoms with E-state index >= 15 is 0 Å². The maximum atomic E-state index is 13.4. The highest BCUT2D eigenvalue weighted by molar-refractivity contribution is 5.97. The Morgan fingerprint density at radius 1 is 1.41 bits per heavy atom. The number of hydrogen-bond donors (Lipinski definition) is 3. The molecule has 2 fully saturated rings. The summed E-state index contributed by atoms with van der Waals surface area (Å²) in [5.74, 6) is -0.599. The average Bonchev–Trinajstić information content (AvgIpc) is 2.74. The fraction of sp³-hybridized carbons (Fsp3) is 0.417. The number of nitrogens with one attached hydrogen (secondary N) is 2. The molecule has 90 valence electrons. The molecular formula is C12H13FN2O2. The van der Waals surface area contributed by atoms with Gasteiger partial charge in [0.05, 0.1) is 0 Å². The van der Waals surface area contributed by atoms with Crippen molar-refractivity contribution < 1.29 is 14.3 Å². The molecule has 0 aromatic heterocycles. The minimum absolute atomic E-state index is 0.128. The van der Waals surface area contributed by atoms with Crippen LogP contribution in [0.25, 0.3) is 0 Å². The molecule has 1 saturated heterocycles. The SMILES string of the molecule is O=C(NC1C2CNCC21)c1c(O)cccc1F. The zero-order valence-electron chi connectivity index (χ0n) is 9.11. The minimum Gasteiger partial charge on any atom is -0.507 e. The fourth-order valence-corrected chi connectivity index (χ4v) is 2.59. The van der Waals surface area contributed by atoms with Crippen LogP contribution < -0.4 is 10.6 Å². The molecule has 1 amide bonds. The monoisotopic (exact) mass is 236 g/mol. The number of phenolic OH excluding ortho intramolecular Hbond substituents is 1. The predicted octanol–water partition coefficient (Wildman–Crippen LogP) is 0.479. The van der Waals surface area contributed by atoms with Crippen molar-refractivity contribution in [1.82, 2.24) is 10.6 Å². The van der Waals surface area contributed by atoms with Crippen LogP contribution in [0.4, 0.5) is 4.39 Å². The van der Waals surface area contributed by atoms with Crippen molar-refractivity contribution >= 4 is 5.91 Å². The van der Waals surface area contributed by atoms with Crippen LogP contribution >= 0.6 is 0 Å². The number of carbonyl (C=O) groups is 1. The van der Waals surface area contributed by atoms with E-state index in [4.69, 9.17) is 0 Å². The zero-order valence-corrected chi connectivity index (χ0v) is 9.11. The molecule has 1 heterocycles. The van der Waals surface area contributed by atoms with Gasteiger partial charge in [-0.25, -0.2) is 4.39 Å². The van der Waals surface area contributed by atoms with Gasteiger partial charge < -0.3 is 15.7 Å². The molecule has 2 atom stereocenters. The van der Waals surface area contributed by atoms with E-state index in [0.29, 0.717) is 11.8 Å². The number of carbonyl (C=O) groups excluding carboxylic acids is 1. The van der Waals surface area contributed by atoms with E-state index in [2.05, 4.69) is 10.6 Å². The van der Waals surface area contributed by atoms with Gasteiger partial charge in [0.25, 0.3) is 5.91 Å². The molecule has 2 unspecified atom stereocenters. The van der Waals surface area contributed by atoms with Crippen molar-refractivity contribution in [3.63, 3.8) is 0 Å². The van der Waals surface area contributed by atoms with Gasteiger partial charge in [0.1, 0.15) is 17.1 Å². The van der Waals surface area contributed by atoms with Crippen molar-refractivity contribution in [3.8, 4) is 5.75 Å². The molecular weight excluding hydrogens is 223 g/mol. The van der Waals surface area contributed by atoms with Gasteiger partial charge in [-0.3, -0.25) is 4.79 Å². The topological polar surface area (TPSA) is 61.4 Å². The summed E-state index contributed by atoms with van der Waals surface area (Å²) in [5, 5.41) is 15.5. The number of phenols is 1. The number of rotatable bonds is 2. The molecule has 1 aliphatic heterocycles. The first-order chi connectivity index (χ1) is 8.18. The van der Waals surface area contributed by atoms with Crippen molar-refractivity contribution in [3.05, 3.63) is 29.6 Å². The fourth-order valence-electron chi connectivity index (χ4n) is 2.59. The third-order valence-corrected chi connectivity index (χ3v) is 3.61. The van der Waals surface area contributed by atoms with Crippen LogP contribution in [0.1, 0.15) is 10.4 Å². The Morgan fingerprint density at radius 3 is 2.76 bits per heavy atom. The van der Waals surface area contributed by atoms with E-state index in [1.54, 1.807) is 0 Å². The Kier molecular flexibility index (Phi) is 2.29. The van der Waals surface area contributed by atoms with E-state index in [1.165, 1.54) is 18.2 Å². The summed E-state index contributed by atoms with van der Waals surface area (Å²) >= 11 is 0. The minimum atomic E-state index is -0.688. The second kappa shape index (κ2) is 3.70. The van der Waals surface area contributed by atoms with E-state index in [9.17, 15) is 14.3 Å². The summed E-state index contributed by atoms with van der Waals surface area (Å²) in [6.45, 7) is 1.80. The zero-order chi connectivity index (χ0) is 12.0. The number of halogens is 1. The number of fused-ring (bicyclic) bond motifs is 1. The number of piperidine rings is 1. The summed E-state index contributed by atoms with van der Waals surface area (Å²) in [7, 11) is 0. The van der Waals surface area contributed by atoms with Gasteiger partial charge in [-0.05, 0) is 24.0 Å². The summed E-state index contributed by atoms with van der Waals surface area (Å²) < 4.78 is 13.4. The van der Waals surface area contributed by atoms with Crippen LogP contribution in [0.2, 0.25) is 0 Å². The van der Waals surface area contributed by atoms with Crippen molar-refractivity contribution in [2.24, 2.45) is 11.8 Å². The average molecular weight is 236 g/mol. The maximum Gasteiger partial charge on any atom is 0.258 e. The molecule has 2 aliphatic rings. The highest BCUT2D eigenvalue weighted by Crippen LogP contribution is 2.41. The lowest BCUT2D eigenvalue weighted by Gasteiger charge is -2.09. The maximum absolute atomic E-state index is 13.4. The summed E-state index contributed by atoms with van der Waals surface area (Å²) in [5.41, 5.74) is -0.259. The molecule has 0 spiro atoms. The molecule has 1 saturated carbocycles. The number of amides is 1. The first kappa shape index (κ1) is 10.5. The summed E-state index contributed by atoms with van der Waals surface area (Å²) in [4.78, 5) is 11.8. The van der Waals surface area contributed by atoms with E-state index < -0.39 is 11.7 Å². The Labute approximate surface area is 97.8 Å². The molecule has 0 radical (unpaired) electrons. The lowest BCUT2D eigenvalue weighted by atomic mass is 10.1. The first-order valence-electron chi connectivity index (χ1n) is 5.67. The molecule has 1 aromatic carbocycles. The van der Waals surface area contributed by atoms with Crippen LogP contribution in [0.3, 0.4) is 0 Å². The molecule has 17 heavy (non-hydrogen) atoms. The molecule has 3 rings (SSSR count). The van der Waals surface area contributed by atoms with Gasteiger partial charge in [-0.2, -0.15) is 0 Å². The van der Waals surface area contributed by atoms with Crippen molar-refractivity contribution in [2.75, 3.05) is 13.1 Å². The third kappa shape index (κ3) is 1.67. The molecule has 4 nitrogen and oxygen atoms in total. The Balaban J connectivity index is 1.74.